The average molecular weight is 530 g/mol. The van der Waals surface area contributed by atoms with Crippen molar-refractivity contribution in [2.75, 3.05) is 24.7 Å². The van der Waals surface area contributed by atoms with Gasteiger partial charge in [-0.1, -0.05) is 47.7 Å². The Kier molecular flexibility index (Phi) is 6.41. The second-order valence-electron chi connectivity index (χ2n) is 10.7. The quantitative estimate of drug-likeness (QED) is 0.350. The van der Waals surface area contributed by atoms with Crippen molar-refractivity contribution in [3.63, 3.8) is 0 Å². The van der Waals surface area contributed by atoms with Crippen LogP contribution in [0.25, 0.3) is 10.9 Å². The summed E-state index contributed by atoms with van der Waals surface area (Å²) in [4.78, 5) is 36.7. The van der Waals surface area contributed by atoms with Crippen LogP contribution in [-0.4, -0.2) is 53.1 Å². The van der Waals surface area contributed by atoms with Gasteiger partial charge in [0, 0.05) is 47.7 Å². The third-order valence-corrected chi connectivity index (χ3v) is 8.34. The number of aromatic nitrogens is 2. The molecular weight excluding hydrogens is 498 g/mol. The zero-order valence-electron chi connectivity index (χ0n) is 21.5. The van der Waals surface area contributed by atoms with Crippen LogP contribution < -0.4 is 15.5 Å². The van der Waals surface area contributed by atoms with Crippen LogP contribution in [0.1, 0.15) is 50.7 Å². The van der Waals surface area contributed by atoms with Crippen molar-refractivity contribution in [3.8, 4) is 0 Å². The second-order valence-corrected chi connectivity index (χ2v) is 11.6. The molecule has 2 amide bonds. The Morgan fingerprint density at radius 3 is 2.92 bits per heavy atom. The number of amides is 2. The first-order valence-corrected chi connectivity index (χ1v) is 13.8. The zero-order valence-corrected chi connectivity index (χ0v) is 22.4. The average Bonchev–Trinajstić information content (AvgIpc) is 3.51. The number of nitrogens with zero attached hydrogens (tertiary/aromatic N) is 2. The number of carbonyl (C=O) groups is 2. The molecule has 2 aliphatic rings. The van der Waals surface area contributed by atoms with Gasteiger partial charge < -0.3 is 25.3 Å². The molecule has 0 bridgehead atoms. The fourth-order valence-corrected chi connectivity index (χ4v) is 6.37. The summed E-state index contributed by atoms with van der Waals surface area (Å²) in [6.07, 6.45) is 3.51. The van der Waals surface area contributed by atoms with Gasteiger partial charge in [-0.05, 0) is 43.5 Å². The number of carbonyl (C=O) groups excluding carboxylic acids is 2. The standard InChI is InChI=1S/C29H31N5O3S/c1-29(2)14-24-25(27(36)33-29)38-28(32-24)34-10-11-37-17-21(34)12-20-16-30-23-13-19(8-9-22(20)23)26(35)31-15-18-6-4-3-5-7-18/h3-9,13,16,21,30H,10-12,14-15,17H2,1-2H3,(H,31,35)(H,33,36)/t21-/m0/s1. The molecule has 0 saturated carbocycles. The van der Waals surface area contributed by atoms with Gasteiger partial charge in [-0.3, -0.25) is 9.59 Å². The van der Waals surface area contributed by atoms with Gasteiger partial charge in [-0.2, -0.15) is 0 Å². The van der Waals surface area contributed by atoms with Crippen molar-refractivity contribution in [2.24, 2.45) is 0 Å². The van der Waals surface area contributed by atoms with Crippen LogP contribution in [0.5, 0.6) is 0 Å². The van der Waals surface area contributed by atoms with Crippen molar-refractivity contribution in [3.05, 3.63) is 82.0 Å². The molecule has 8 nitrogen and oxygen atoms in total. The van der Waals surface area contributed by atoms with Crippen LogP contribution in [0.4, 0.5) is 5.13 Å². The molecular formula is C29H31N5O3S. The summed E-state index contributed by atoms with van der Waals surface area (Å²) in [5, 5.41) is 8.05. The molecule has 2 aromatic heterocycles. The molecule has 0 radical (unpaired) electrons. The van der Waals surface area contributed by atoms with E-state index >= 15 is 0 Å². The van der Waals surface area contributed by atoms with Crippen LogP contribution in [-0.2, 0) is 24.1 Å². The summed E-state index contributed by atoms with van der Waals surface area (Å²) < 4.78 is 5.86. The molecule has 1 atom stereocenters. The summed E-state index contributed by atoms with van der Waals surface area (Å²) in [7, 11) is 0. The zero-order chi connectivity index (χ0) is 26.3. The number of thiazole rings is 1. The Balaban J connectivity index is 1.19. The number of hydrogen-bond donors (Lipinski definition) is 3. The third kappa shape index (κ3) is 4.91. The molecule has 0 aliphatic carbocycles. The van der Waals surface area contributed by atoms with Gasteiger partial charge >= 0.3 is 0 Å². The first-order valence-electron chi connectivity index (χ1n) is 12.9. The van der Waals surface area contributed by atoms with E-state index in [9.17, 15) is 9.59 Å². The Labute approximate surface area is 225 Å². The maximum Gasteiger partial charge on any atom is 0.263 e. The monoisotopic (exact) mass is 529 g/mol. The van der Waals surface area contributed by atoms with Crippen molar-refractivity contribution in [2.45, 2.75) is 44.8 Å². The number of anilines is 1. The molecule has 4 heterocycles. The smallest absolute Gasteiger partial charge is 0.263 e. The van der Waals surface area contributed by atoms with E-state index in [4.69, 9.17) is 9.72 Å². The lowest BCUT2D eigenvalue weighted by Gasteiger charge is -2.35. The normalized spacial score (nSPS) is 18.7. The van der Waals surface area contributed by atoms with Crippen molar-refractivity contribution >= 4 is 39.2 Å². The number of morpholine rings is 1. The topological polar surface area (TPSA) is 99.3 Å². The van der Waals surface area contributed by atoms with E-state index in [1.165, 1.54) is 11.3 Å². The third-order valence-electron chi connectivity index (χ3n) is 7.21. The molecule has 1 saturated heterocycles. The fraction of sp³-hybridized carbons (Fsp3) is 0.345. The Bertz CT molecular complexity index is 1490. The number of rotatable bonds is 6. The number of hydrogen-bond acceptors (Lipinski definition) is 6. The van der Waals surface area contributed by atoms with Crippen molar-refractivity contribution < 1.29 is 14.3 Å². The largest absolute Gasteiger partial charge is 0.377 e. The van der Waals surface area contributed by atoms with Gasteiger partial charge in [0.05, 0.1) is 24.9 Å². The highest BCUT2D eigenvalue weighted by Gasteiger charge is 2.35. The first kappa shape index (κ1) is 24.6. The second kappa shape index (κ2) is 9.89. The highest BCUT2D eigenvalue weighted by atomic mass is 32.1. The van der Waals surface area contributed by atoms with E-state index in [0.717, 1.165) is 57.1 Å². The van der Waals surface area contributed by atoms with E-state index < -0.39 is 0 Å². The molecule has 1 fully saturated rings. The number of aromatic amines is 1. The molecule has 0 spiro atoms. The van der Waals surface area contributed by atoms with Gasteiger partial charge in [-0.25, -0.2) is 4.98 Å². The molecule has 3 N–H and O–H groups in total. The maximum atomic E-state index is 12.7. The lowest BCUT2D eigenvalue weighted by atomic mass is 9.94. The minimum atomic E-state index is -0.290. The summed E-state index contributed by atoms with van der Waals surface area (Å²) in [6.45, 7) is 6.50. The minimum absolute atomic E-state index is 0.0370. The molecule has 6 rings (SSSR count). The van der Waals surface area contributed by atoms with Gasteiger partial charge in [0.15, 0.2) is 5.13 Å². The molecule has 2 aliphatic heterocycles. The summed E-state index contributed by atoms with van der Waals surface area (Å²) in [5.74, 6) is -0.135. The summed E-state index contributed by atoms with van der Waals surface area (Å²) in [6, 6.07) is 15.8. The van der Waals surface area contributed by atoms with Crippen molar-refractivity contribution in [1.82, 2.24) is 20.6 Å². The van der Waals surface area contributed by atoms with Gasteiger partial charge in [0.1, 0.15) is 4.88 Å². The number of ether oxygens (including phenoxy) is 1. The highest BCUT2D eigenvalue weighted by Crippen LogP contribution is 2.34. The Morgan fingerprint density at radius 1 is 1.24 bits per heavy atom. The molecule has 38 heavy (non-hydrogen) atoms. The van der Waals surface area contributed by atoms with Crippen molar-refractivity contribution in [1.29, 1.82) is 0 Å². The lowest BCUT2D eigenvalue weighted by Crippen LogP contribution is -2.48. The van der Waals surface area contributed by atoms with Crippen LogP contribution >= 0.6 is 11.3 Å². The van der Waals surface area contributed by atoms with Gasteiger partial charge in [-0.15, -0.1) is 0 Å². The molecule has 2 aromatic carbocycles. The van der Waals surface area contributed by atoms with E-state index in [-0.39, 0.29) is 23.4 Å². The predicted octanol–water partition coefficient (Wildman–Crippen LogP) is 4.07. The Hall–Kier alpha value is -3.69. The molecule has 9 heteroatoms. The molecule has 0 unspecified atom stereocenters. The lowest BCUT2D eigenvalue weighted by molar-refractivity contribution is 0.0899. The van der Waals surface area contributed by atoms with Gasteiger partial charge in [0.25, 0.3) is 11.8 Å². The van der Waals surface area contributed by atoms with E-state index in [0.29, 0.717) is 25.3 Å². The van der Waals surface area contributed by atoms with Crippen LogP contribution in [0.2, 0.25) is 0 Å². The van der Waals surface area contributed by atoms with Crippen LogP contribution in [0.3, 0.4) is 0 Å². The minimum Gasteiger partial charge on any atom is -0.377 e. The molecule has 4 aromatic rings. The van der Waals surface area contributed by atoms with E-state index in [1.54, 1.807) is 0 Å². The summed E-state index contributed by atoms with van der Waals surface area (Å²) in [5.41, 5.74) is 4.37. The number of benzene rings is 2. The van der Waals surface area contributed by atoms with Gasteiger partial charge in [0.2, 0.25) is 0 Å². The highest BCUT2D eigenvalue weighted by molar-refractivity contribution is 7.17. The summed E-state index contributed by atoms with van der Waals surface area (Å²) >= 11 is 1.47. The number of H-pyrrole nitrogens is 1. The first-order chi connectivity index (χ1) is 18.4. The number of fused-ring (bicyclic) bond motifs is 2. The predicted molar refractivity (Wildman–Crippen MR) is 149 cm³/mol. The molecule has 196 valence electrons. The SMILES string of the molecule is CC1(C)Cc2nc(N3CCOC[C@@H]3Cc3c[nH]c4cc(C(=O)NCc5ccccc5)ccc34)sc2C(=O)N1. The maximum absolute atomic E-state index is 12.7. The van der Waals surface area contributed by atoms with E-state index in [1.807, 2.05) is 68.6 Å². The Morgan fingerprint density at radius 2 is 2.08 bits per heavy atom. The van der Waals surface area contributed by atoms with E-state index in [2.05, 4.69) is 20.5 Å². The van der Waals surface area contributed by atoms with Crippen LogP contribution in [0.15, 0.2) is 54.7 Å². The number of nitrogens with one attached hydrogen (secondary N) is 3. The van der Waals surface area contributed by atoms with Crippen LogP contribution in [0, 0.1) is 0 Å². The fourth-order valence-electron chi connectivity index (χ4n) is 5.29.